The quantitative estimate of drug-likeness (QED) is 0.754. The molecule has 1 atom stereocenters. The first-order valence-electron chi connectivity index (χ1n) is 11.6. The molecule has 1 aliphatic carbocycles. The number of nitrogens with zero attached hydrogens (tertiary/aromatic N) is 3. The molecule has 2 aliphatic rings. The molecule has 1 aliphatic heterocycles. The van der Waals surface area contributed by atoms with Gasteiger partial charge in [-0.1, -0.05) is 43.2 Å². The van der Waals surface area contributed by atoms with Crippen molar-refractivity contribution in [3.63, 3.8) is 0 Å². The second kappa shape index (κ2) is 10.0. The highest BCUT2D eigenvalue weighted by molar-refractivity contribution is 5.95. The fraction of sp³-hybridized carbons (Fsp3) is 0.520. The van der Waals surface area contributed by atoms with Crippen molar-refractivity contribution in [2.75, 3.05) is 6.54 Å². The molecule has 0 radical (unpaired) electrons. The molecule has 0 spiro atoms. The first kappa shape index (κ1) is 21.5. The van der Waals surface area contributed by atoms with E-state index < -0.39 is 0 Å². The van der Waals surface area contributed by atoms with E-state index in [4.69, 9.17) is 0 Å². The van der Waals surface area contributed by atoms with Crippen LogP contribution in [0.3, 0.4) is 0 Å². The molecule has 0 bridgehead atoms. The number of rotatable bonds is 6. The number of piperidine rings is 1. The predicted octanol–water partition coefficient (Wildman–Crippen LogP) is 4.35. The molecular formula is C25H32N4O2. The summed E-state index contributed by atoms with van der Waals surface area (Å²) >= 11 is 0. The summed E-state index contributed by atoms with van der Waals surface area (Å²) in [5, 5.41) is 2.99. The van der Waals surface area contributed by atoms with Gasteiger partial charge in [0.1, 0.15) is 5.82 Å². The summed E-state index contributed by atoms with van der Waals surface area (Å²) in [5.74, 6) is 1.16. The molecule has 6 heteroatoms. The highest BCUT2D eigenvalue weighted by Gasteiger charge is 2.33. The Balaban J connectivity index is 1.54. The number of aromatic nitrogens is 2. The maximum absolute atomic E-state index is 13.2. The Hall–Kier alpha value is -2.76. The summed E-state index contributed by atoms with van der Waals surface area (Å²) in [4.78, 5) is 37.2. The van der Waals surface area contributed by atoms with Crippen molar-refractivity contribution in [3.05, 3.63) is 59.2 Å². The third-order valence-electron chi connectivity index (χ3n) is 6.56. The van der Waals surface area contributed by atoms with Gasteiger partial charge >= 0.3 is 0 Å². The van der Waals surface area contributed by atoms with Gasteiger partial charge in [-0.15, -0.1) is 0 Å². The van der Waals surface area contributed by atoms with Crippen LogP contribution >= 0.6 is 0 Å². The van der Waals surface area contributed by atoms with Crippen molar-refractivity contribution in [1.29, 1.82) is 0 Å². The average molecular weight is 421 g/mol. The number of amides is 2. The van der Waals surface area contributed by atoms with Crippen molar-refractivity contribution in [2.24, 2.45) is 5.92 Å². The third kappa shape index (κ3) is 5.30. The van der Waals surface area contributed by atoms with Gasteiger partial charge in [0, 0.05) is 25.7 Å². The number of benzene rings is 1. The van der Waals surface area contributed by atoms with E-state index in [0.717, 1.165) is 44.2 Å². The van der Waals surface area contributed by atoms with Crippen molar-refractivity contribution in [2.45, 2.75) is 70.9 Å². The highest BCUT2D eigenvalue weighted by Crippen LogP contribution is 2.34. The number of hydrogen-bond donors (Lipinski definition) is 1. The van der Waals surface area contributed by atoms with Crippen LogP contribution in [0.4, 0.5) is 0 Å². The van der Waals surface area contributed by atoms with E-state index in [1.54, 1.807) is 6.20 Å². The van der Waals surface area contributed by atoms with Gasteiger partial charge in [-0.05, 0) is 50.5 Å². The molecule has 2 heterocycles. The topological polar surface area (TPSA) is 75.2 Å². The van der Waals surface area contributed by atoms with Gasteiger partial charge < -0.3 is 10.2 Å². The van der Waals surface area contributed by atoms with Crippen LogP contribution in [0.2, 0.25) is 0 Å². The van der Waals surface area contributed by atoms with Crippen LogP contribution in [-0.4, -0.2) is 33.2 Å². The zero-order valence-electron chi connectivity index (χ0n) is 18.3. The lowest BCUT2D eigenvalue weighted by Crippen LogP contribution is -2.40. The lowest BCUT2D eigenvalue weighted by Gasteiger charge is -2.36. The van der Waals surface area contributed by atoms with E-state index in [1.165, 1.54) is 12.8 Å². The van der Waals surface area contributed by atoms with Gasteiger partial charge in [-0.2, -0.15) is 0 Å². The minimum atomic E-state index is -0.187. The minimum absolute atomic E-state index is 0.151. The van der Waals surface area contributed by atoms with Gasteiger partial charge in [0.15, 0.2) is 0 Å². The van der Waals surface area contributed by atoms with Crippen LogP contribution in [0.5, 0.6) is 0 Å². The van der Waals surface area contributed by atoms with Gasteiger partial charge in [-0.3, -0.25) is 9.59 Å². The van der Waals surface area contributed by atoms with Crippen LogP contribution in [0.15, 0.2) is 36.5 Å². The van der Waals surface area contributed by atoms with E-state index in [-0.39, 0.29) is 17.9 Å². The van der Waals surface area contributed by atoms with Crippen molar-refractivity contribution >= 4 is 11.8 Å². The lowest BCUT2D eigenvalue weighted by molar-refractivity contribution is -0.136. The maximum atomic E-state index is 13.2. The van der Waals surface area contributed by atoms with Crippen molar-refractivity contribution in [1.82, 2.24) is 20.2 Å². The van der Waals surface area contributed by atoms with Crippen LogP contribution in [0.1, 0.15) is 84.8 Å². The predicted molar refractivity (Wildman–Crippen MR) is 119 cm³/mol. The molecule has 2 fully saturated rings. The molecule has 1 aromatic carbocycles. The van der Waals surface area contributed by atoms with Crippen LogP contribution in [-0.2, 0) is 11.3 Å². The average Bonchev–Trinajstić information content (AvgIpc) is 3.31. The summed E-state index contributed by atoms with van der Waals surface area (Å²) < 4.78 is 0. The van der Waals surface area contributed by atoms with E-state index in [2.05, 4.69) is 15.3 Å². The molecule has 6 nitrogen and oxygen atoms in total. The molecule has 0 unspecified atom stereocenters. The fourth-order valence-electron chi connectivity index (χ4n) is 4.88. The number of carbonyl (C=O) groups is 2. The number of nitrogens with one attached hydrogen (secondary N) is 1. The summed E-state index contributed by atoms with van der Waals surface area (Å²) in [6, 6.07) is 9.68. The first-order chi connectivity index (χ1) is 15.1. The fourth-order valence-corrected chi connectivity index (χ4v) is 4.88. The number of carbonyl (C=O) groups excluding carboxylic acids is 2. The molecule has 164 valence electrons. The summed E-state index contributed by atoms with van der Waals surface area (Å²) in [6.45, 7) is 3.02. The molecule has 4 rings (SSSR count). The Kier molecular flexibility index (Phi) is 6.95. The van der Waals surface area contributed by atoms with Gasteiger partial charge in [-0.25, -0.2) is 9.97 Å². The molecule has 2 aromatic rings. The standard InChI is InChI=1S/C25H32N4O2/c1-18-26-17-21(25(31)27-16-20-11-3-2-4-12-20)24(28-18)22-13-7-8-14-29(22)23(30)15-19-9-5-6-10-19/h2-4,11-12,17,19,22H,5-10,13-16H2,1H3,(H,27,31)/t22-/m0/s1. The van der Waals surface area contributed by atoms with E-state index >= 15 is 0 Å². The summed E-state index contributed by atoms with van der Waals surface area (Å²) in [6.07, 6.45) is 9.90. The second-order valence-corrected chi connectivity index (χ2v) is 8.84. The summed E-state index contributed by atoms with van der Waals surface area (Å²) in [7, 11) is 0. The van der Waals surface area contributed by atoms with Gasteiger partial charge in [0.25, 0.3) is 5.91 Å². The van der Waals surface area contributed by atoms with E-state index in [1.807, 2.05) is 42.2 Å². The molecule has 1 aromatic heterocycles. The molecule has 1 saturated heterocycles. The van der Waals surface area contributed by atoms with Crippen molar-refractivity contribution in [3.8, 4) is 0 Å². The Labute approximate surface area is 184 Å². The van der Waals surface area contributed by atoms with Gasteiger partial charge in [0.05, 0.1) is 17.3 Å². The number of likely N-dealkylation sites (tertiary alicyclic amines) is 1. The zero-order chi connectivity index (χ0) is 21.6. The van der Waals surface area contributed by atoms with Crippen LogP contribution in [0.25, 0.3) is 0 Å². The SMILES string of the molecule is Cc1ncc(C(=O)NCc2ccccc2)c([C@@H]2CCCCN2C(=O)CC2CCCC2)n1. The Morgan fingerprint density at radius 3 is 2.58 bits per heavy atom. The molecular weight excluding hydrogens is 388 g/mol. The Bertz CT molecular complexity index is 909. The molecule has 2 amide bonds. The smallest absolute Gasteiger partial charge is 0.255 e. The summed E-state index contributed by atoms with van der Waals surface area (Å²) in [5.41, 5.74) is 2.21. The highest BCUT2D eigenvalue weighted by atomic mass is 16.2. The Morgan fingerprint density at radius 1 is 1.06 bits per heavy atom. The minimum Gasteiger partial charge on any atom is -0.348 e. The van der Waals surface area contributed by atoms with Crippen molar-refractivity contribution < 1.29 is 9.59 Å². The number of aryl methyl sites for hydroxylation is 1. The Morgan fingerprint density at radius 2 is 1.81 bits per heavy atom. The monoisotopic (exact) mass is 420 g/mol. The maximum Gasteiger partial charge on any atom is 0.255 e. The van der Waals surface area contributed by atoms with E-state index in [0.29, 0.717) is 36.0 Å². The molecule has 1 saturated carbocycles. The first-order valence-corrected chi connectivity index (χ1v) is 11.6. The second-order valence-electron chi connectivity index (χ2n) is 8.84. The zero-order valence-corrected chi connectivity index (χ0v) is 18.3. The van der Waals surface area contributed by atoms with Gasteiger partial charge in [0.2, 0.25) is 5.91 Å². The largest absolute Gasteiger partial charge is 0.348 e. The molecule has 31 heavy (non-hydrogen) atoms. The van der Waals surface area contributed by atoms with Crippen LogP contribution in [0, 0.1) is 12.8 Å². The number of hydrogen-bond acceptors (Lipinski definition) is 4. The van der Waals surface area contributed by atoms with E-state index in [9.17, 15) is 9.59 Å². The lowest BCUT2D eigenvalue weighted by atomic mass is 9.94. The third-order valence-corrected chi connectivity index (χ3v) is 6.56. The van der Waals surface area contributed by atoms with Crippen LogP contribution < -0.4 is 5.32 Å². The molecule has 1 N–H and O–H groups in total. The normalized spacial score (nSPS) is 19.4.